The van der Waals surface area contributed by atoms with Crippen LogP contribution in [0.15, 0.2) is 23.1 Å². The number of benzene rings is 1. The summed E-state index contributed by atoms with van der Waals surface area (Å²) in [5, 5.41) is 21.0. The maximum Gasteiger partial charge on any atom is 0.332 e. The highest BCUT2D eigenvalue weighted by Crippen LogP contribution is 2.29. The third-order valence-electron chi connectivity index (χ3n) is 2.28. The fraction of sp³-hybridized carbons (Fsp3) is 0.333. The van der Waals surface area contributed by atoms with Crippen molar-refractivity contribution in [2.45, 2.75) is 17.4 Å². The number of aliphatic hydroxyl groups excluding tert-OH is 1. The molecule has 0 aliphatic rings. The van der Waals surface area contributed by atoms with Gasteiger partial charge in [0.05, 0.1) is 10.8 Å². The zero-order valence-electron chi connectivity index (χ0n) is 10.3. The molecule has 3 N–H and O–H groups in total. The minimum absolute atomic E-state index is 0.0380. The Labute approximate surface area is 130 Å². The first kappa shape index (κ1) is 17.1. The number of aliphatic hydroxyl groups is 1. The maximum atomic E-state index is 11.5. The molecule has 1 aromatic rings. The van der Waals surface area contributed by atoms with Gasteiger partial charge >= 0.3 is 5.97 Å². The summed E-state index contributed by atoms with van der Waals surface area (Å²) in [5.41, 5.74) is 0. The lowest BCUT2D eigenvalue weighted by Crippen LogP contribution is -2.31. The molecular formula is C12H13Cl2NO4S. The predicted molar refractivity (Wildman–Crippen MR) is 78.5 cm³/mol. The molecule has 1 amide bonds. The van der Waals surface area contributed by atoms with Crippen LogP contribution in [0.4, 0.5) is 0 Å². The molecule has 0 aliphatic carbocycles. The van der Waals surface area contributed by atoms with Crippen LogP contribution in [-0.4, -0.2) is 40.5 Å². The van der Waals surface area contributed by atoms with Gasteiger partial charge in [0.15, 0.2) is 6.10 Å². The van der Waals surface area contributed by atoms with Crippen LogP contribution in [-0.2, 0) is 9.59 Å². The van der Waals surface area contributed by atoms with E-state index in [0.29, 0.717) is 14.9 Å². The van der Waals surface area contributed by atoms with Crippen molar-refractivity contribution in [1.29, 1.82) is 0 Å². The van der Waals surface area contributed by atoms with Gasteiger partial charge in [-0.05, 0) is 18.2 Å². The third kappa shape index (κ3) is 6.00. The van der Waals surface area contributed by atoms with Crippen LogP contribution in [0, 0.1) is 0 Å². The number of carboxylic acids is 1. The van der Waals surface area contributed by atoms with Gasteiger partial charge in [0.2, 0.25) is 5.91 Å². The van der Waals surface area contributed by atoms with Crippen LogP contribution in [0.25, 0.3) is 0 Å². The molecule has 0 bridgehead atoms. The number of hydrogen-bond acceptors (Lipinski definition) is 4. The van der Waals surface area contributed by atoms with Crippen molar-refractivity contribution < 1.29 is 19.8 Å². The molecule has 0 spiro atoms. The Kier molecular flexibility index (Phi) is 7.15. The summed E-state index contributed by atoms with van der Waals surface area (Å²) < 4.78 is 0. The first-order valence-corrected chi connectivity index (χ1v) is 7.39. The normalized spacial score (nSPS) is 11.9. The summed E-state index contributed by atoms with van der Waals surface area (Å²) in [5.74, 6) is -1.45. The lowest BCUT2D eigenvalue weighted by molar-refractivity contribution is -0.147. The molecule has 8 heteroatoms. The number of aliphatic carboxylic acids is 1. The van der Waals surface area contributed by atoms with Crippen LogP contribution in [0.1, 0.15) is 6.42 Å². The molecule has 1 aromatic carbocycles. The highest BCUT2D eigenvalue weighted by atomic mass is 35.5. The van der Waals surface area contributed by atoms with Crippen LogP contribution < -0.4 is 5.32 Å². The summed E-state index contributed by atoms with van der Waals surface area (Å²) in [4.78, 5) is 22.6. The van der Waals surface area contributed by atoms with Crippen molar-refractivity contribution in [3.63, 3.8) is 0 Å². The number of carboxylic acid groups (broad SMARTS) is 1. The van der Waals surface area contributed by atoms with Crippen LogP contribution in [0.3, 0.4) is 0 Å². The van der Waals surface area contributed by atoms with E-state index < -0.39 is 12.1 Å². The molecule has 0 aromatic heterocycles. The smallest absolute Gasteiger partial charge is 0.332 e. The molecule has 0 aliphatic heterocycles. The van der Waals surface area contributed by atoms with Crippen molar-refractivity contribution in [2.75, 3.05) is 12.3 Å². The quantitative estimate of drug-likeness (QED) is 0.663. The monoisotopic (exact) mass is 337 g/mol. The van der Waals surface area contributed by atoms with E-state index in [0.717, 1.165) is 0 Å². The van der Waals surface area contributed by atoms with E-state index in [1.165, 1.54) is 11.8 Å². The van der Waals surface area contributed by atoms with Crippen molar-refractivity contribution in [3.8, 4) is 0 Å². The number of carbonyl (C=O) groups is 2. The first-order chi connectivity index (χ1) is 9.40. The molecule has 5 nitrogen and oxygen atoms in total. The van der Waals surface area contributed by atoms with Gasteiger partial charge in [-0.2, -0.15) is 0 Å². The summed E-state index contributed by atoms with van der Waals surface area (Å²) in [6, 6.07) is 4.96. The standard InChI is InChI=1S/C12H13Cl2NO4S/c13-7-1-2-8(14)10(5-7)20-6-11(17)15-4-3-9(16)12(18)19/h1-2,5,9,16H,3-4,6H2,(H,15,17)(H,18,19). The van der Waals surface area contributed by atoms with E-state index in [2.05, 4.69) is 5.32 Å². The summed E-state index contributed by atoms with van der Waals surface area (Å²) in [6.07, 6.45) is -1.51. The van der Waals surface area contributed by atoms with Gasteiger partial charge in [0, 0.05) is 22.9 Å². The van der Waals surface area contributed by atoms with E-state index in [1.807, 2.05) is 0 Å². The van der Waals surface area contributed by atoms with Crippen LogP contribution in [0.2, 0.25) is 10.0 Å². The number of nitrogens with one attached hydrogen (secondary N) is 1. The van der Waals surface area contributed by atoms with Crippen LogP contribution >= 0.6 is 35.0 Å². The van der Waals surface area contributed by atoms with Gasteiger partial charge in [0.1, 0.15) is 0 Å². The van der Waals surface area contributed by atoms with E-state index in [4.69, 9.17) is 33.4 Å². The van der Waals surface area contributed by atoms with Crippen molar-refractivity contribution >= 4 is 46.8 Å². The number of carbonyl (C=O) groups excluding carboxylic acids is 1. The predicted octanol–water partition coefficient (Wildman–Crippen LogP) is 2.04. The topological polar surface area (TPSA) is 86.6 Å². The SMILES string of the molecule is O=C(CSc1cc(Cl)ccc1Cl)NCCC(O)C(=O)O. The fourth-order valence-electron chi connectivity index (χ4n) is 1.25. The van der Waals surface area contributed by atoms with Gasteiger partial charge < -0.3 is 15.5 Å². The van der Waals surface area contributed by atoms with Crippen molar-refractivity contribution in [2.24, 2.45) is 0 Å². The van der Waals surface area contributed by atoms with Crippen LogP contribution in [0.5, 0.6) is 0 Å². The second-order valence-electron chi connectivity index (χ2n) is 3.86. The molecule has 0 fully saturated rings. The average Bonchev–Trinajstić information content (AvgIpc) is 2.39. The molecule has 1 atom stereocenters. The van der Waals surface area contributed by atoms with E-state index >= 15 is 0 Å². The highest BCUT2D eigenvalue weighted by molar-refractivity contribution is 8.00. The second-order valence-corrected chi connectivity index (χ2v) is 5.72. The zero-order valence-corrected chi connectivity index (χ0v) is 12.6. The first-order valence-electron chi connectivity index (χ1n) is 5.65. The van der Waals surface area contributed by atoms with Gasteiger partial charge in [-0.1, -0.05) is 23.2 Å². The lowest BCUT2D eigenvalue weighted by atomic mass is 10.2. The van der Waals surface area contributed by atoms with E-state index in [1.54, 1.807) is 18.2 Å². The molecule has 0 heterocycles. The number of rotatable bonds is 7. The number of hydrogen-bond donors (Lipinski definition) is 3. The van der Waals surface area contributed by atoms with E-state index in [9.17, 15) is 9.59 Å². The zero-order chi connectivity index (χ0) is 15.1. The number of amides is 1. The Hall–Kier alpha value is -0.950. The maximum absolute atomic E-state index is 11.5. The Morgan fingerprint density at radius 2 is 2.05 bits per heavy atom. The lowest BCUT2D eigenvalue weighted by Gasteiger charge is -2.08. The summed E-state index contributed by atoms with van der Waals surface area (Å²) >= 11 is 13.0. The molecule has 0 saturated heterocycles. The molecule has 110 valence electrons. The Bertz CT molecular complexity index is 498. The van der Waals surface area contributed by atoms with Crippen molar-refractivity contribution in [3.05, 3.63) is 28.2 Å². The van der Waals surface area contributed by atoms with Gasteiger partial charge in [-0.15, -0.1) is 11.8 Å². The third-order valence-corrected chi connectivity index (χ3v) is 4.01. The Morgan fingerprint density at radius 1 is 1.35 bits per heavy atom. The highest BCUT2D eigenvalue weighted by Gasteiger charge is 2.13. The molecule has 1 rings (SSSR count). The molecule has 0 saturated carbocycles. The summed E-state index contributed by atoms with van der Waals surface area (Å²) in [6.45, 7) is 0.0934. The average molecular weight is 338 g/mol. The largest absolute Gasteiger partial charge is 0.479 e. The molecular weight excluding hydrogens is 325 g/mol. The fourth-order valence-corrected chi connectivity index (χ4v) is 2.58. The number of halogens is 2. The Morgan fingerprint density at radius 3 is 2.70 bits per heavy atom. The molecule has 0 radical (unpaired) electrons. The van der Waals surface area contributed by atoms with Crippen molar-refractivity contribution in [1.82, 2.24) is 5.32 Å². The summed E-state index contributed by atoms with van der Waals surface area (Å²) in [7, 11) is 0. The molecule has 20 heavy (non-hydrogen) atoms. The minimum atomic E-state index is -1.47. The second kappa shape index (κ2) is 8.36. The molecule has 1 unspecified atom stereocenters. The Balaban J connectivity index is 2.33. The number of thioether (sulfide) groups is 1. The minimum Gasteiger partial charge on any atom is -0.479 e. The van der Waals surface area contributed by atoms with Gasteiger partial charge in [-0.25, -0.2) is 4.79 Å². The van der Waals surface area contributed by atoms with Gasteiger partial charge in [0.25, 0.3) is 0 Å². The van der Waals surface area contributed by atoms with E-state index in [-0.39, 0.29) is 24.6 Å². The van der Waals surface area contributed by atoms with Gasteiger partial charge in [-0.3, -0.25) is 4.79 Å².